The van der Waals surface area contributed by atoms with E-state index in [2.05, 4.69) is 70.2 Å². The first-order valence-corrected chi connectivity index (χ1v) is 6.31. The summed E-state index contributed by atoms with van der Waals surface area (Å²) in [5.74, 6) is 0. The van der Waals surface area contributed by atoms with Crippen molar-refractivity contribution in [2.45, 2.75) is 34.1 Å². The van der Waals surface area contributed by atoms with E-state index in [4.69, 9.17) is 0 Å². The van der Waals surface area contributed by atoms with Crippen molar-refractivity contribution in [3.8, 4) is 11.1 Å². The summed E-state index contributed by atoms with van der Waals surface area (Å²) in [6, 6.07) is 17.1. The number of hydrogen-bond acceptors (Lipinski definition) is 0. The molecule has 0 aliphatic rings. The predicted molar refractivity (Wildman–Crippen MR) is 77.3 cm³/mol. The zero-order chi connectivity index (χ0) is 12.7. The molecule has 90 valence electrons. The maximum Gasteiger partial charge on any atom is -0.0179 e. The second-order valence-electron chi connectivity index (χ2n) is 4.45. The van der Waals surface area contributed by atoms with Crippen LogP contribution in [0, 0.1) is 13.8 Å². The molecule has 0 amide bonds. The van der Waals surface area contributed by atoms with Crippen LogP contribution in [0.15, 0.2) is 48.5 Å². The Hall–Kier alpha value is -1.56. The molecule has 0 spiro atoms. The number of aryl methyl sites for hydroxylation is 2. The van der Waals surface area contributed by atoms with Crippen LogP contribution in [0.3, 0.4) is 0 Å². The molecular formula is C17H22. The normalized spacial score (nSPS) is 9.41. The van der Waals surface area contributed by atoms with E-state index >= 15 is 0 Å². The van der Waals surface area contributed by atoms with Crippen LogP contribution in [0.1, 0.15) is 31.4 Å². The van der Waals surface area contributed by atoms with Crippen LogP contribution in [-0.4, -0.2) is 0 Å². The maximum absolute atomic E-state index is 2.22. The maximum atomic E-state index is 2.22. The lowest BCUT2D eigenvalue weighted by Gasteiger charge is -2.04. The van der Waals surface area contributed by atoms with Gasteiger partial charge in [0.05, 0.1) is 0 Å². The monoisotopic (exact) mass is 226 g/mol. The molecule has 0 nitrogen and oxygen atoms in total. The van der Waals surface area contributed by atoms with Gasteiger partial charge in [-0.2, -0.15) is 0 Å². The molecule has 0 aromatic heterocycles. The van der Waals surface area contributed by atoms with Gasteiger partial charge >= 0.3 is 0 Å². The molecule has 0 unspecified atom stereocenters. The van der Waals surface area contributed by atoms with Crippen LogP contribution in [0.2, 0.25) is 0 Å². The van der Waals surface area contributed by atoms with Crippen LogP contribution in [0.4, 0.5) is 0 Å². The minimum atomic E-state index is 1.25. The molecule has 0 fully saturated rings. The standard InChI is InChI=1S/C14H14.C3H8/c1-11-8-12(2)10-14(9-11)13-6-4-3-5-7-13;1-3-2/h3-10H,1-2H3;3H2,1-2H3. The molecule has 0 radical (unpaired) electrons. The summed E-state index contributed by atoms with van der Waals surface area (Å²) in [6.45, 7) is 8.53. The lowest BCUT2D eigenvalue weighted by atomic mass is 10.0. The van der Waals surface area contributed by atoms with Gasteiger partial charge in [0.1, 0.15) is 0 Å². The fraction of sp³-hybridized carbons (Fsp3) is 0.294. The van der Waals surface area contributed by atoms with Crippen molar-refractivity contribution in [3.63, 3.8) is 0 Å². The summed E-state index contributed by atoms with van der Waals surface area (Å²) in [7, 11) is 0. The second kappa shape index (κ2) is 6.90. The van der Waals surface area contributed by atoms with Crippen molar-refractivity contribution in [1.29, 1.82) is 0 Å². The van der Waals surface area contributed by atoms with Gasteiger partial charge < -0.3 is 0 Å². The summed E-state index contributed by atoms with van der Waals surface area (Å²) in [4.78, 5) is 0. The molecule has 0 aliphatic heterocycles. The first kappa shape index (κ1) is 13.5. The smallest absolute Gasteiger partial charge is 0.0179 e. The van der Waals surface area contributed by atoms with Crippen LogP contribution >= 0.6 is 0 Å². The Balaban J connectivity index is 0.000000437. The average Bonchev–Trinajstić information content (AvgIpc) is 2.30. The molecule has 17 heavy (non-hydrogen) atoms. The second-order valence-corrected chi connectivity index (χ2v) is 4.45. The lowest BCUT2D eigenvalue weighted by molar-refractivity contribution is 1.09. The topological polar surface area (TPSA) is 0 Å². The molecule has 0 saturated heterocycles. The van der Waals surface area contributed by atoms with Crippen molar-refractivity contribution in [3.05, 3.63) is 59.7 Å². The van der Waals surface area contributed by atoms with E-state index in [1.807, 2.05) is 6.07 Å². The van der Waals surface area contributed by atoms with Gasteiger partial charge in [-0.05, 0) is 25.0 Å². The van der Waals surface area contributed by atoms with Gasteiger partial charge in [-0.15, -0.1) is 0 Å². The van der Waals surface area contributed by atoms with Gasteiger partial charge in [0, 0.05) is 0 Å². The van der Waals surface area contributed by atoms with Gasteiger partial charge in [-0.1, -0.05) is 79.9 Å². The molecule has 0 heteroatoms. The van der Waals surface area contributed by atoms with E-state index in [1.54, 1.807) is 0 Å². The van der Waals surface area contributed by atoms with Gasteiger partial charge in [-0.3, -0.25) is 0 Å². The Morgan fingerprint density at radius 1 is 0.706 bits per heavy atom. The van der Waals surface area contributed by atoms with Crippen LogP contribution in [0.5, 0.6) is 0 Å². The van der Waals surface area contributed by atoms with E-state index < -0.39 is 0 Å². The summed E-state index contributed by atoms with van der Waals surface area (Å²) < 4.78 is 0. The first-order chi connectivity index (χ1) is 8.17. The third-order valence-electron chi connectivity index (χ3n) is 2.33. The lowest BCUT2D eigenvalue weighted by Crippen LogP contribution is -1.81. The van der Waals surface area contributed by atoms with E-state index in [0.29, 0.717) is 0 Å². The molecular weight excluding hydrogens is 204 g/mol. The Morgan fingerprint density at radius 3 is 1.65 bits per heavy atom. The fourth-order valence-corrected chi connectivity index (χ4v) is 1.77. The SMILES string of the molecule is CCC.Cc1cc(C)cc(-c2ccccc2)c1. The van der Waals surface area contributed by atoms with E-state index in [1.165, 1.54) is 28.7 Å². The van der Waals surface area contributed by atoms with Crippen molar-refractivity contribution in [2.75, 3.05) is 0 Å². The summed E-state index contributed by atoms with van der Waals surface area (Å²) in [5, 5.41) is 0. The Kier molecular flexibility index (Phi) is 5.48. The highest BCUT2D eigenvalue weighted by atomic mass is 14.0. The van der Waals surface area contributed by atoms with Crippen molar-refractivity contribution in [2.24, 2.45) is 0 Å². The Labute approximate surface area is 105 Å². The minimum absolute atomic E-state index is 1.25. The van der Waals surface area contributed by atoms with Crippen molar-refractivity contribution in [1.82, 2.24) is 0 Å². The third-order valence-corrected chi connectivity index (χ3v) is 2.33. The molecule has 2 aromatic rings. The average molecular weight is 226 g/mol. The van der Waals surface area contributed by atoms with Crippen molar-refractivity contribution < 1.29 is 0 Å². The van der Waals surface area contributed by atoms with Crippen molar-refractivity contribution >= 4 is 0 Å². The van der Waals surface area contributed by atoms with Gasteiger partial charge in [0.15, 0.2) is 0 Å². The molecule has 0 atom stereocenters. The largest absolute Gasteiger partial charge is 0.0656 e. The minimum Gasteiger partial charge on any atom is -0.0656 e. The molecule has 2 rings (SSSR count). The van der Waals surface area contributed by atoms with E-state index in [0.717, 1.165) is 0 Å². The molecule has 0 N–H and O–H groups in total. The number of rotatable bonds is 1. The van der Waals surface area contributed by atoms with Gasteiger partial charge in [0.25, 0.3) is 0 Å². The van der Waals surface area contributed by atoms with Crippen LogP contribution in [0.25, 0.3) is 11.1 Å². The summed E-state index contributed by atoms with van der Waals surface area (Å²) in [5.41, 5.74) is 5.25. The first-order valence-electron chi connectivity index (χ1n) is 6.31. The van der Waals surface area contributed by atoms with Crippen LogP contribution < -0.4 is 0 Å². The van der Waals surface area contributed by atoms with Gasteiger partial charge in [-0.25, -0.2) is 0 Å². The molecule has 0 heterocycles. The fourth-order valence-electron chi connectivity index (χ4n) is 1.77. The number of benzene rings is 2. The zero-order valence-electron chi connectivity index (χ0n) is 11.3. The summed E-state index contributed by atoms with van der Waals surface area (Å²) in [6.07, 6.45) is 1.25. The predicted octanol–water partition coefficient (Wildman–Crippen LogP) is 5.39. The Bertz CT molecular complexity index is 421. The van der Waals surface area contributed by atoms with Crippen LogP contribution in [-0.2, 0) is 0 Å². The highest BCUT2D eigenvalue weighted by Gasteiger charge is 1.97. The van der Waals surface area contributed by atoms with Gasteiger partial charge in [0.2, 0.25) is 0 Å². The quantitative estimate of drug-likeness (QED) is 0.612. The highest BCUT2D eigenvalue weighted by Crippen LogP contribution is 2.21. The number of hydrogen-bond donors (Lipinski definition) is 0. The molecule has 0 aliphatic carbocycles. The summed E-state index contributed by atoms with van der Waals surface area (Å²) >= 11 is 0. The highest BCUT2D eigenvalue weighted by molar-refractivity contribution is 5.64. The third kappa shape index (κ3) is 4.44. The zero-order valence-corrected chi connectivity index (χ0v) is 11.3. The van der Waals surface area contributed by atoms with E-state index in [9.17, 15) is 0 Å². The molecule has 2 aromatic carbocycles. The molecule has 0 saturated carbocycles. The molecule has 0 bridgehead atoms. The Morgan fingerprint density at radius 2 is 1.18 bits per heavy atom. The van der Waals surface area contributed by atoms with E-state index in [-0.39, 0.29) is 0 Å².